The van der Waals surface area contributed by atoms with Crippen LogP contribution in [-0.2, 0) is 16.1 Å². The number of nitrogens with one attached hydrogen (secondary N) is 2. The van der Waals surface area contributed by atoms with Crippen molar-refractivity contribution in [3.8, 4) is 5.75 Å². The van der Waals surface area contributed by atoms with Crippen molar-refractivity contribution in [1.29, 1.82) is 0 Å². The van der Waals surface area contributed by atoms with Crippen LogP contribution in [0.4, 0.5) is 4.79 Å². The second-order valence-electron chi connectivity index (χ2n) is 6.40. The van der Waals surface area contributed by atoms with Gasteiger partial charge in [-0.2, -0.15) is 0 Å². The first-order chi connectivity index (χ1) is 14.5. The number of furan rings is 1. The summed E-state index contributed by atoms with van der Waals surface area (Å²) in [4.78, 5) is 36.3. The van der Waals surface area contributed by atoms with E-state index in [1.54, 1.807) is 31.2 Å². The zero-order chi connectivity index (χ0) is 21.5. The highest BCUT2D eigenvalue weighted by atomic mass is 16.6. The Hall–Kier alpha value is -3.81. The third kappa shape index (κ3) is 4.96. The molecule has 0 spiro atoms. The lowest BCUT2D eigenvalue weighted by molar-refractivity contribution is -0.128. The standard InChI is InChI=1S/C22H22N2O6/c1-3-23-22(27)24-20(25)14(2)29-21(26)19-17(13-28-15-9-5-4-6-10-15)16-11-7-8-12-18(16)30-19/h4-12,14H,3,13H2,1-2H3,(H2,23,24,25,27)/t14-/m0/s1. The summed E-state index contributed by atoms with van der Waals surface area (Å²) in [5, 5.41) is 5.24. The van der Waals surface area contributed by atoms with Crippen molar-refractivity contribution < 1.29 is 28.3 Å². The lowest BCUT2D eigenvalue weighted by atomic mass is 10.1. The molecule has 1 aromatic heterocycles. The number of rotatable bonds is 7. The Bertz CT molecular complexity index is 1040. The van der Waals surface area contributed by atoms with E-state index in [9.17, 15) is 14.4 Å². The zero-order valence-corrected chi connectivity index (χ0v) is 16.6. The Balaban J connectivity index is 1.77. The number of ether oxygens (including phenoxy) is 2. The number of carbonyl (C=O) groups is 3. The maximum atomic E-state index is 12.7. The highest BCUT2D eigenvalue weighted by Gasteiger charge is 2.26. The zero-order valence-electron chi connectivity index (χ0n) is 16.6. The molecule has 0 unspecified atom stereocenters. The van der Waals surface area contributed by atoms with E-state index in [1.807, 2.05) is 30.3 Å². The molecule has 0 aliphatic carbocycles. The van der Waals surface area contributed by atoms with Gasteiger partial charge in [-0.25, -0.2) is 9.59 Å². The molecule has 8 heteroatoms. The SMILES string of the molecule is CCNC(=O)NC(=O)[C@H](C)OC(=O)c1oc2ccccc2c1COc1ccccc1. The maximum absolute atomic E-state index is 12.7. The monoisotopic (exact) mass is 410 g/mol. The maximum Gasteiger partial charge on any atom is 0.375 e. The van der Waals surface area contributed by atoms with Crippen molar-refractivity contribution in [2.45, 2.75) is 26.6 Å². The average Bonchev–Trinajstić information content (AvgIpc) is 3.12. The fourth-order valence-electron chi connectivity index (χ4n) is 2.77. The summed E-state index contributed by atoms with van der Waals surface area (Å²) in [6.45, 7) is 3.52. The molecule has 0 fully saturated rings. The predicted octanol–water partition coefficient (Wildman–Crippen LogP) is 3.40. The Kier molecular flexibility index (Phi) is 6.69. The summed E-state index contributed by atoms with van der Waals surface area (Å²) in [6, 6.07) is 15.6. The molecule has 3 amide bonds. The summed E-state index contributed by atoms with van der Waals surface area (Å²) >= 11 is 0. The van der Waals surface area contributed by atoms with Gasteiger partial charge in [0.25, 0.3) is 5.91 Å². The van der Waals surface area contributed by atoms with Crippen LogP contribution in [0.25, 0.3) is 11.0 Å². The minimum atomic E-state index is -1.20. The molecule has 3 aromatic rings. The topological polar surface area (TPSA) is 107 Å². The first kappa shape index (κ1) is 20.9. The van der Waals surface area contributed by atoms with Crippen molar-refractivity contribution in [1.82, 2.24) is 10.6 Å². The molecule has 156 valence electrons. The predicted molar refractivity (Wildman–Crippen MR) is 109 cm³/mol. The second kappa shape index (κ2) is 9.60. The van der Waals surface area contributed by atoms with Crippen LogP contribution in [0.2, 0.25) is 0 Å². The van der Waals surface area contributed by atoms with Crippen molar-refractivity contribution in [2.75, 3.05) is 6.54 Å². The molecule has 0 bridgehead atoms. The van der Waals surface area contributed by atoms with Gasteiger partial charge in [-0.1, -0.05) is 36.4 Å². The highest BCUT2D eigenvalue weighted by molar-refractivity contribution is 6.00. The molecule has 1 heterocycles. The fourth-order valence-corrected chi connectivity index (χ4v) is 2.77. The van der Waals surface area contributed by atoms with Crippen LogP contribution >= 0.6 is 0 Å². The van der Waals surface area contributed by atoms with Crippen molar-refractivity contribution in [3.63, 3.8) is 0 Å². The van der Waals surface area contributed by atoms with Crippen molar-refractivity contribution >= 4 is 28.9 Å². The number of hydrogen-bond acceptors (Lipinski definition) is 6. The summed E-state index contributed by atoms with van der Waals surface area (Å²) < 4.78 is 16.7. The first-order valence-corrected chi connectivity index (χ1v) is 9.47. The molecule has 2 aromatic carbocycles. The number of carbonyl (C=O) groups excluding carboxylic acids is 3. The number of para-hydroxylation sites is 2. The van der Waals surface area contributed by atoms with E-state index in [1.165, 1.54) is 6.92 Å². The molecule has 0 aliphatic heterocycles. The van der Waals surface area contributed by atoms with Crippen LogP contribution in [0.5, 0.6) is 5.75 Å². The van der Waals surface area contributed by atoms with Gasteiger partial charge in [-0.15, -0.1) is 0 Å². The van der Waals surface area contributed by atoms with Crippen LogP contribution in [0.1, 0.15) is 30.0 Å². The largest absolute Gasteiger partial charge is 0.489 e. The van der Waals surface area contributed by atoms with E-state index >= 15 is 0 Å². The summed E-state index contributed by atoms with van der Waals surface area (Å²) in [5.41, 5.74) is 1.01. The van der Waals surface area contributed by atoms with Gasteiger partial charge in [0.15, 0.2) is 6.10 Å². The molecule has 1 atom stereocenters. The Morgan fingerprint density at radius 2 is 1.73 bits per heavy atom. The van der Waals surface area contributed by atoms with Gasteiger partial charge in [-0.3, -0.25) is 10.1 Å². The normalized spacial score (nSPS) is 11.5. The van der Waals surface area contributed by atoms with Crippen LogP contribution in [0, 0.1) is 0 Å². The van der Waals surface area contributed by atoms with Gasteiger partial charge in [-0.05, 0) is 32.0 Å². The number of hydrogen-bond donors (Lipinski definition) is 2. The molecule has 0 radical (unpaired) electrons. The molecular formula is C22H22N2O6. The Morgan fingerprint density at radius 1 is 1.03 bits per heavy atom. The molecule has 30 heavy (non-hydrogen) atoms. The third-order valence-electron chi connectivity index (χ3n) is 4.24. The number of esters is 1. The van der Waals surface area contributed by atoms with Gasteiger partial charge >= 0.3 is 12.0 Å². The number of imide groups is 1. The van der Waals surface area contributed by atoms with Crippen molar-refractivity contribution in [2.24, 2.45) is 0 Å². The highest BCUT2D eigenvalue weighted by Crippen LogP contribution is 2.28. The molecule has 2 N–H and O–H groups in total. The van der Waals surface area contributed by atoms with Gasteiger partial charge in [0, 0.05) is 11.9 Å². The number of fused-ring (bicyclic) bond motifs is 1. The average molecular weight is 410 g/mol. The van der Waals surface area contributed by atoms with E-state index in [0.717, 1.165) is 0 Å². The lowest BCUT2D eigenvalue weighted by Gasteiger charge is -2.13. The molecule has 8 nitrogen and oxygen atoms in total. The van der Waals surface area contributed by atoms with Gasteiger partial charge < -0.3 is 19.2 Å². The third-order valence-corrected chi connectivity index (χ3v) is 4.24. The lowest BCUT2D eigenvalue weighted by Crippen LogP contribution is -2.44. The molecule has 3 rings (SSSR count). The quantitative estimate of drug-likeness (QED) is 0.578. The number of benzene rings is 2. The number of amides is 3. The summed E-state index contributed by atoms with van der Waals surface area (Å²) in [6.07, 6.45) is -1.20. The van der Waals surface area contributed by atoms with Gasteiger partial charge in [0.1, 0.15) is 17.9 Å². The smallest absolute Gasteiger partial charge is 0.375 e. The Labute approximate surface area is 173 Å². The first-order valence-electron chi connectivity index (χ1n) is 9.47. The van der Waals surface area contributed by atoms with E-state index in [2.05, 4.69) is 10.6 Å². The molecule has 0 saturated carbocycles. The molecule has 0 aliphatic rings. The van der Waals surface area contributed by atoms with E-state index < -0.39 is 24.0 Å². The van der Waals surface area contributed by atoms with E-state index in [-0.39, 0.29) is 12.4 Å². The summed E-state index contributed by atoms with van der Waals surface area (Å²) in [7, 11) is 0. The van der Waals surface area contributed by atoms with Crippen LogP contribution in [-0.4, -0.2) is 30.6 Å². The fraction of sp³-hybridized carbons (Fsp3) is 0.227. The minimum Gasteiger partial charge on any atom is -0.489 e. The van der Waals surface area contributed by atoms with E-state index in [4.69, 9.17) is 13.9 Å². The number of urea groups is 1. The van der Waals surface area contributed by atoms with Gasteiger partial charge in [0.05, 0.1) is 5.56 Å². The minimum absolute atomic E-state index is 0.0511. The van der Waals surface area contributed by atoms with E-state index in [0.29, 0.717) is 28.8 Å². The van der Waals surface area contributed by atoms with Crippen molar-refractivity contribution in [3.05, 3.63) is 65.9 Å². The Morgan fingerprint density at radius 3 is 2.47 bits per heavy atom. The van der Waals surface area contributed by atoms with Crippen LogP contribution < -0.4 is 15.4 Å². The van der Waals surface area contributed by atoms with Crippen LogP contribution in [0.15, 0.2) is 59.0 Å². The second-order valence-corrected chi connectivity index (χ2v) is 6.40. The van der Waals surface area contributed by atoms with Gasteiger partial charge in [0.2, 0.25) is 5.76 Å². The summed E-state index contributed by atoms with van der Waals surface area (Å²) in [5.74, 6) is -0.981. The molecular weight excluding hydrogens is 388 g/mol. The van der Waals surface area contributed by atoms with Crippen LogP contribution in [0.3, 0.4) is 0 Å². The molecule has 0 saturated heterocycles.